The van der Waals surface area contributed by atoms with Crippen LogP contribution in [-0.4, -0.2) is 13.7 Å². The fraction of sp³-hybridized carbons (Fsp3) is 0.400. The molecule has 3 nitrogen and oxygen atoms in total. The van der Waals surface area contributed by atoms with Crippen molar-refractivity contribution in [2.24, 2.45) is 0 Å². The molecule has 1 N–H and O–H groups in total. The minimum Gasteiger partial charge on any atom is -0.491 e. The van der Waals surface area contributed by atoms with Crippen LogP contribution in [0.15, 0.2) is 12.1 Å². The molecular formula is C10H12ClNO2. The zero-order valence-corrected chi connectivity index (χ0v) is 8.89. The fourth-order valence-corrected chi connectivity index (χ4v) is 1.97. The van der Waals surface area contributed by atoms with E-state index in [1.165, 1.54) is 0 Å². The summed E-state index contributed by atoms with van der Waals surface area (Å²) in [5.74, 6) is 0.882. The monoisotopic (exact) mass is 213 g/mol. The smallest absolute Gasteiger partial charge is 0.128 e. The molecule has 0 fully saturated rings. The highest BCUT2D eigenvalue weighted by Gasteiger charge is 2.27. The van der Waals surface area contributed by atoms with Crippen LogP contribution in [0.5, 0.6) is 5.75 Å². The molecule has 4 heteroatoms. The third-order valence-corrected chi connectivity index (χ3v) is 2.67. The molecular weight excluding hydrogens is 202 g/mol. The van der Waals surface area contributed by atoms with Gasteiger partial charge in [0.15, 0.2) is 0 Å². The molecule has 2 rings (SSSR count). The third kappa shape index (κ3) is 1.47. The van der Waals surface area contributed by atoms with Gasteiger partial charge in [-0.15, -0.1) is 0 Å². The zero-order valence-electron chi connectivity index (χ0n) is 8.13. The van der Waals surface area contributed by atoms with E-state index in [0.29, 0.717) is 6.61 Å². The number of hydrogen-bond acceptors (Lipinski definition) is 3. The Bertz CT molecular complexity index is 354. The van der Waals surface area contributed by atoms with Crippen LogP contribution in [0.4, 0.5) is 0 Å². The molecule has 0 aliphatic carbocycles. The summed E-state index contributed by atoms with van der Waals surface area (Å²) in [6.07, 6.45) is 0. The molecule has 0 saturated heterocycles. The van der Waals surface area contributed by atoms with Crippen LogP contribution in [0.25, 0.3) is 0 Å². The fourth-order valence-electron chi connectivity index (χ4n) is 1.69. The molecule has 1 aromatic carbocycles. The van der Waals surface area contributed by atoms with E-state index >= 15 is 0 Å². The number of halogens is 1. The van der Waals surface area contributed by atoms with Gasteiger partial charge < -0.3 is 9.57 Å². The van der Waals surface area contributed by atoms with Crippen LogP contribution in [0.1, 0.15) is 17.2 Å². The maximum Gasteiger partial charge on any atom is 0.128 e. The Hall–Kier alpha value is -0.770. The summed E-state index contributed by atoms with van der Waals surface area (Å²) in [6.45, 7) is 2.57. The van der Waals surface area contributed by atoms with Crippen LogP contribution >= 0.6 is 11.6 Å². The van der Waals surface area contributed by atoms with Gasteiger partial charge >= 0.3 is 0 Å². The summed E-state index contributed by atoms with van der Waals surface area (Å²) >= 11 is 6.10. The number of rotatable bonds is 2. The van der Waals surface area contributed by atoms with E-state index in [1.807, 2.05) is 19.1 Å². The van der Waals surface area contributed by atoms with Gasteiger partial charge in [-0.3, -0.25) is 0 Å². The summed E-state index contributed by atoms with van der Waals surface area (Å²) in [4.78, 5) is 4.89. The van der Waals surface area contributed by atoms with Gasteiger partial charge in [-0.2, -0.15) is 5.48 Å². The predicted molar refractivity (Wildman–Crippen MR) is 54.6 cm³/mol. The number of aryl methyl sites for hydroxylation is 1. The lowest BCUT2D eigenvalue weighted by Gasteiger charge is -2.10. The van der Waals surface area contributed by atoms with E-state index in [9.17, 15) is 0 Å². The quantitative estimate of drug-likeness (QED) is 0.765. The maximum absolute atomic E-state index is 6.10. The average Bonchev–Trinajstić information content (AvgIpc) is 2.58. The van der Waals surface area contributed by atoms with E-state index in [0.717, 1.165) is 21.9 Å². The SMILES string of the molecule is CONC1COc2c(C)ccc(Cl)c21. The van der Waals surface area contributed by atoms with E-state index < -0.39 is 0 Å². The van der Waals surface area contributed by atoms with E-state index in [4.69, 9.17) is 21.2 Å². The molecule has 0 spiro atoms. The normalized spacial score (nSPS) is 19.2. The molecule has 1 aliphatic heterocycles. The highest BCUT2D eigenvalue weighted by atomic mass is 35.5. The summed E-state index contributed by atoms with van der Waals surface area (Å²) in [5.41, 5.74) is 4.95. The Kier molecular flexibility index (Phi) is 2.63. The lowest BCUT2D eigenvalue weighted by molar-refractivity contribution is 0.0536. The van der Waals surface area contributed by atoms with Crippen molar-refractivity contribution in [1.29, 1.82) is 0 Å². The van der Waals surface area contributed by atoms with Gasteiger partial charge in [0.2, 0.25) is 0 Å². The zero-order chi connectivity index (χ0) is 10.1. The van der Waals surface area contributed by atoms with Crippen molar-refractivity contribution in [1.82, 2.24) is 5.48 Å². The van der Waals surface area contributed by atoms with Crippen molar-refractivity contribution in [3.63, 3.8) is 0 Å². The van der Waals surface area contributed by atoms with Crippen molar-refractivity contribution in [2.75, 3.05) is 13.7 Å². The van der Waals surface area contributed by atoms with Gasteiger partial charge in [-0.05, 0) is 18.6 Å². The predicted octanol–water partition coefficient (Wildman–Crippen LogP) is 2.23. The van der Waals surface area contributed by atoms with Crippen LogP contribution < -0.4 is 10.2 Å². The minimum atomic E-state index is 0.0300. The number of fused-ring (bicyclic) bond motifs is 1. The van der Waals surface area contributed by atoms with Gasteiger partial charge in [-0.25, -0.2) is 0 Å². The largest absolute Gasteiger partial charge is 0.491 e. The summed E-state index contributed by atoms with van der Waals surface area (Å²) < 4.78 is 5.55. The van der Waals surface area contributed by atoms with E-state index in [-0.39, 0.29) is 6.04 Å². The van der Waals surface area contributed by atoms with Gasteiger partial charge in [0.1, 0.15) is 12.4 Å². The first-order valence-electron chi connectivity index (χ1n) is 4.44. The standard InChI is InChI=1S/C10H12ClNO2/c1-6-3-4-7(11)9-8(12-13-2)5-14-10(6)9/h3-4,8,12H,5H2,1-2H3. The molecule has 0 bridgehead atoms. The van der Waals surface area contributed by atoms with Gasteiger partial charge in [-0.1, -0.05) is 17.7 Å². The average molecular weight is 214 g/mol. The Balaban J connectivity index is 2.42. The third-order valence-electron chi connectivity index (χ3n) is 2.34. The lowest BCUT2D eigenvalue weighted by Crippen LogP contribution is -2.21. The highest BCUT2D eigenvalue weighted by molar-refractivity contribution is 6.31. The van der Waals surface area contributed by atoms with Gasteiger partial charge in [0.05, 0.1) is 13.2 Å². The lowest BCUT2D eigenvalue weighted by atomic mass is 10.1. The Morgan fingerprint density at radius 1 is 1.57 bits per heavy atom. The molecule has 14 heavy (non-hydrogen) atoms. The van der Waals surface area contributed by atoms with E-state index in [2.05, 4.69) is 5.48 Å². The molecule has 1 unspecified atom stereocenters. The van der Waals surface area contributed by atoms with Crippen molar-refractivity contribution in [3.05, 3.63) is 28.3 Å². The summed E-state index contributed by atoms with van der Waals surface area (Å²) in [6, 6.07) is 3.87. The second-order valence-electron chi connectivity index (χ2n) is 3.29. The van der Waals surface area contributed by atoms with Crippen molar-refractivity contribution >= 4 is 11.6 Å². The summed E-state index contributed by atoms with van der Waals surface area (Å²) in [5, 5.41) is 0.720. The molecule has 0 saturated carbocycles. The molecule has 0 aromatic heterocycles. The first-order valence-corrected chi connectivity index (χ1v) is 4.82. The topological polar surface area (TPSA) is 30.5 Å². The highest BCUT2D eigenvalue weighted by Crippen LogP contribution is 2.39. The van der Waals surface area contributed by atoms with Crippen LogP contribution in [0.2, 0.25) is 5.02 Å². The van der Waals surface area contributed by atoms with Crippen LogP contribution in [0.3, 0.4) is 0 Å². The number of benzene rings is 1. The molecule has 76 valence electrons. The number of nitrogens with one attached hydrogen (secondary N) is 1. The Morgan fingerprint density at radius 3 is 3.07 bits per heavy atom. The second-order valence-corrected chi connectivity index (χ2v) is 3.70. The van der Waals surface area contributed by atoms with Gasteiger partial charge in [0, 0.05) is 10.6 Å². The molecule has 0 radical (unpaired) electrons. The van der Waals surface area contributed by atoms with Crippen molar-refractivity contribution in [3.8, 4) is 5.75 Å². The second kappa shape index (κ2) is 3.77. The Labute approximate surface area is 87.9 Å². The first-order chi connectivity index (χ1) is 6.74. The molecule has 1 aromatic rings. The number of hydroxylamine groups is 1. The first kappa shape index (κ1) is 9.77. The Morgan fingerprint density at radius 2 is 2.36 bits per heavy atom. The van der Waals surface area contributed by atoms with E-state index in [1.54, 1.807) is 7.11 Å². The van der Waals surface area contributed by atoms with Gasteiger partial charge in [0.25, 0.3) is 0 Å². The van der Waals surface area contributed by atoms with Crippen LogP contribution in [0, 0.1) is 6.92 Å². The minimum absolute atomic E-state index is 0.0300. The molecule has 1 heterocycles. The number of hydrogen-bond donors (Lipinski definition) is 1. The molecule has 0 amide bonds. The molecule has 1 atom stereocenters. The van der Waals surface area contributed by atoms with Crippen molar-refractivity contribution < 1.29 is 9.57 Å². The molecule has 1 aliphatic rings. The summed E-state index contributed by atoms with van der Waals surface area (Å²) in [7, 11) is 1.59. The maximum atomic E-state index is 6.10. The number of ether oxygens (including phenoxy) is 1. The van der Waals surface area contributed by atoms with Crippen molar-refractivity contribution in [2.45, 2.75) is 13.0 Å². The van der Waals surface area contributed by atoms with Crippen LogP contribution in [-0.2, 0) is 4.84 Å².